The number of rotatable bonds is 7. The van der Waals surface area contributed by atoms with Crippen molar-refractivity contribution >= 4 is 12.9 Å². The summed E-state index contributed by atoms with van der Waals surface area (Å²) < 4.78 is 18.5. The molecule has 0 aromatic heterocycles. The molecule has 2 unspecified atom stereocenters. The number of piperazine rings is 1. The maximum Gasteiger partial charge on any atom is 0.298 e. The molecule has 5 nitrogen and oxygen atoms in total. The van der Waals surface area contributed by atoms with Gasteiger partial charge in [-0.1, -0.05) is 54.6 Å². The molecule has 0 bridgehead atoms. The Morgan fingerprint density at radius 3 is 2.03 bits per heavy atom. The molecule has 1 heterocycles. The minimum Gasteiger partial charge on any atom is -0.429 e. The second kappa shape index (κ2) is 9.53. The highest BCUT2D eigenvalue weighted by Gasteiger charge is 2.35. The third-order valence-corrected chi connectivity index (χ3v) is 5.68. The molecule has 0 saturated carbocycles. The van der Waals surface area contributed by atoms with Crippen LogP contribution in [0.1, 0.15) is 28.8 Å². The molecular weight excluding hydrogens is 395 g/mol. The number of halogens is 1. The standard InChI is InChI=1S/C25H23FN2O3/c26-22-10-8-21(9-11-22)25-16-27(17-29)15-24(20-4-2-1-3-5-20)28(25)14-19-6-12-23(13-7-19)31-18-30/h1-13,17-18,24-25H,14-16H2. The predicted octanol–water partition coefficient (Wildman–Crippen LogP) is 4.12. The van der Waals surface area contributed by atoms with E-state index in [4.69, 9.17) is 4.74 Å². The molecule has 1 aliphatic rings. The van der Waals surface area contributed by atoms with Crippen LogP contribution in [0.15, 0.2) is 78.9 Å². The summed E-state index contributed by atoms with van der Waals surface area (Å²) in [7, 11) is 0. The fourth-order valence-electron chi connectivity index (χ4n) is 4.15. The van der Waals surface area contributed by atoms with Crippen LogP contribution in [-0.2, 0) is 16.1 Å². The molecule has 3 aromatic carbocycles. The summed E-state index contributed by atoms with van der Waals surface area (Å²) in [6.07, 6.45) is 0.884. The fraction of sp³-hybridized carbons (Fsp3) is 0.200. The van der Waals surface area contributed by atoms with Crippen LogP contribution in [-0.4, -0.2) is 35.8 Å². The van der Waals surface area contributed by atoms with Crippen molar-refractivity contribution in [2.75, 3.05) is 13.1 Å². The van der Waals surface area contributed by atoms with Crippen LogP contribution in [0, 0.1) is 5.82 Å². The number of carbonyl (C=O) groups is 2. The summed E-state index contributed by atoms with van der Waals surface area (Å²) in [6.45, 7) is 2.11. The van der Waals surface area contributed by atoms with Crippen LogP contribution in [0.4, 0.5) is 4.39 Å². The maximum atomic E-state index is 13.6. The third-order valence-electron chi connectivity index (χ3n) is 5.68. The highest BCUT2D eigenvalue weighted by molar-refractivity contribution is 5.48. The molecule has 1 saturated heterocycles. The average molecular weight is 418 g/mol. The first-order valence-corrected chi connectivity index (χ1v) is 10.1. The SMILES string of the molecule is O=COc1ccc(CN2C(c3ccccc3)CN(C=O)CC2c2ccc(F)cc2)cc1. The van der Waals surface area contributed by atoms with E-state index in [2.05, 4.69) is 17.0 Å². The molecule has 6 heteroatoms. The third kappa shape index (κ3) is 4.81. The minimum atomic E-state index is -0.288. The average Bonchev–Trinajstić information content (AvgIpc) is 2.82. The van der Waals surface area contributed by atoms with Gasteiger partial charge in [-0.25, -0.2) is 4.39 Å². The second-order valence-electron chi connectivity index (χ2n) is 7.58. The molecule has 1 fully saturated rings. The number of nitrogens with zero attached hydrogens (tertiary/aromatic N) is 2. The van der Waals surface area contributed by atoms with E-state index in [0.29, 0.717) is 31.9 Å². The van der Waals surface area contributed by atoms with Gasteiger partial charge >= 0.3 is 0 Å². The zero-order valence-corrected chi connectivity index (χ0v) is 16.9. The summed E-state index contributed by atoms with van der Waals surface area (Å²) in [5.41, 5.74) is 3.11. The number of benzene rings is 3. The monoisotopic (exact) mass is 418 g/mol. The zero-order chi connectivity index (χ0) is 21.6. The van der Waals surface area contributed by atoms with Gasteiger partial charge in [-0.05, 0) is 41.0 Å². The first-order chi connectivity index (χ1) is 15.2. The van der Waals surface area contributed by atoms with Gasteiger partial charge in [-0.3, -0.25) is 14.5 Å². The molecule has 2 atom stereocenters. The molecule has 0 N–H and O–H groups in total. The van der Waals surface area contributed by atoms with Gasteiger partial charge in [0.25, 0.3) is 6.47 Å². The molecular formula is C25H23FN2O3. The van der Waals surface area contributed by atoms with E-state index in [1.165, 1.54) is 12.1 Å². The molecule has 0 radical (unpaired) electrons. The van der Waals surface area contributed by atoms with E-state index >= 15 is 0 Å². The first kappa shape index (κ1) is 20.8. The molecule has 0 spiro atoms. The fourth-order valence-corrected chi connectivity index (χ4v) is 4.15. The predicted molar refractivity (Wildman–Crippen MR) is 115 cm³/mol. The van der Waals surface area contributed by atoms with Gasteiger partial charge in [0.2, 0.25) is 6.41 Å². The summed E-state index contributed by atoms with van der Waals surface area (Å²) in [4.78, 5) is 26.4. The highest BCUT2D eigenvalue weighted by Crippen LogP contribution is 2.37. The van der Waals surface area contributed by atoms with Crippen LogP contribution in [0.25, 0.3) is 0 Å². The van der Waals surface area contributed by atoms with Crippen molar-refractivity contribution in [3.8, 4) is 5.75 Å². The van der Waals surface area contributed by atoms with E-state index in [9.17, 15) is 14.0 Å². The van der Waals surface area contributed by atoms with Gasteiger partial charge in [0, 0.05) is 19.6 Å². The topological polar surface area (TPSA) is 49.9 Å². The maximum absolute atomic E-state index is 13.6. The van der Waals surface area contributed by atoms with Crippen LogP contribution in [0.5, 0.6) is 5.75 Å². The van der Waals surface area contributed by atoms with Gasteiger partial charge in [-0.2, -0.15) is 0 Å². The first-order valence-electron chi connectivity index (χ1n) is 10.1. The Bertz CT molecular complexity index is 1010. The van der Waals surface area contributed by atoms with Gasteiger partial charge in [-0.15, -0.1) is 0 Å². The Labute approximate surface area is 180 Å². The quantitative estimate of drug-likeness (QED) is 0.542. The van der Waals surface area contributed by atoms with Crippen molar-refractivity contribution in [3.05, 3.63) is 101 Å². The van der Waals surface area contributed by atoms with Crippen LogP contribution >= 0.6 is 0 Å². The number of hydrogen-bond acceptors (Lipinski definition) is 4. The lowest BCUT2D eigenvalue weighted by Gasteiger charge is -2.46. The van der Waals surface area contributed by atoms with Crippen LogP contribution in [0.3, 0.4) is 0 Å². The number of ether oxygens (including phenoxy) is 1. The zero-order valence-electron chi connectivity index (χ0n) is 16.9. The molecule has 0 aliphatic carbocycles. The van der Waals surface area contributed by atoms with E-state index in [1.807, 2.05) is 30.3 Å². The lowest BCUT2D eigenvalue weighted by Crippen LogP contribution is -2.49. The molecule has 4 rings (SSSR count). The van der Waals surface area contributed by atoms with Gasteiger partial charge < -0.3 is 9.64 Å². The largest absolute Gasteiger partial charge is 0.429 e. The van der Waals surface area contributed by atoms with Gasteiger partial charge in [0.15, 0.2) is 0 Å². The van der Waals surface area contributed by atoms with Crippen molar-refractivity contribution in [2.24, 2.45) is 0 Å². The number of amides is 1. The Morgan fingerprint density at radius 2 is 1.45 bits per heavy atom. The van der Waals surface area contributed by atoms with Crippen molar-refractivity contribution in [1.82, 2.24) is 9.80 Å². The Hall–Kier alpha value is -3.51. The number of carbonyl (C=O) groups excluding carboxylic acids is 2. The van der Waals surface area contributed by atoms with E-state index in [1.54, 1.807) is 29.2 Å². The van der Waals surface area contributed by atoms with E-state index in [-0.39, 0.29) is 17.9 Å². The van der Waals surface area contributed by atoms with Crippen LogP contribution in [0.2, 0.25) is 0 Å². The van der Waals surface area contributed by atoms with Crippen LogP contribution < -0.4 is 4.74 Å². The van der Waals surface area contributed by atoms with Crippen molar-refractivity contribution in [1.29, 1.82) is 0 Å². The van der Waals surface area contributed by atoms with Crippen molar-refractivity contribution in [2.45, 2.75) is 18.6 Å². The summed E-state index contributed by atoms with van der Waals surface area (Å²) >= 11 is 0. The summed E-state index contributed by atoms with van der Waals surface area (Å²) in [5.74, 6) is 0.197. The minimum absolute atomic E-state index is 0.0268. The van der Waals surface area contributed by atoms with Crippen molar-refractivity contribution < 1.29 is 18.7 Å². The Kier molecular flexibility index (Phi) is 6.38. The number of hydrogen-bond donors (Lipinski definition) is 0. The van der Waals surface area contributed by atoms with E-state index < -0.39 is 0 Å². The van der Waals surface area contributed by atoms with Gasteiger partial charge in [0.1, 0.15) is 11.6 Å². The molecule has 1 amide bonds. The smallest absolute Gasteiger partial charge is 0.298 e. The van der Waals surface area contributed by atoms with E-state index in [0.717, 1.165) is 23.1 Å². The molecule has 1 aliphatic heterocycles. The Balaban J connectivity index is 1.71. The Morgan fingerprint density at radius 1 is 0.839 bits per heavy atom. The lowest BCUT2D eigenvalue weighted by atomic mass is 9.94. The molecule has 3 aromatic rings. The molecule has 31 heavy (non-hydrogen) atoms. The summed E-state index contributed by atoms with van der Waals surface area (Å²) in [6, 6.07) is 23.8. The van der Waals surface area contributed by atoms with Gasteiger partial charge in [0.05, 0.1) is 12.1 Å². The second-order valence-corrected chi connectivity index (χ2v) is 7.58. The summed E-state index contributed by atoms with van der Waals surface area (Å²) in [5, 5.41) is 0. The normalized spacial score (nSPS) is 19.1. The van der Waals surface area contributed by atoms with Crippen molar-refractivity contribution in [3.63, 3.8) is 0 Å². The lowest BCUT2D eigenvalue weighted by molar-refractivity contribution is -0.123. The molecule has 158 valence electrons. The highest BCUT2D eigenvalue weighted by atomic mass is 19.1.